The summed E-state index contributed by atoms with van der Waals surface area (Å²) in [6.07, 6.45) is 3.33. The molecule has 98 valence electrons. The molecule has 0 aliphatic rings. The topological polar surface area (TPSA) is 109 Å². The van der Waals surface area contributed by atoms with Gasteiger partial charge in [0.15, 0.2) is 5.82 Å². The molecule has 8 nitrogen and oxygen atoms in total. The predicted octanol–water partition coefficient (Wildman–Crippen LogP) is -0.0931. The molecule has 0 unspecified atom stereocenters. The van der Waals surface area contributed by atoms with Crippen molar-refractivity contribution in [1.29, 1.82) is 0 Å². The highest BCUT2D eigenvalue weighted by Crippen LogP contribution is 2.22. The Morgan fingerprint density at radius 1 is 1.33 bits per heavy atom. The van der Waals surface area contributed by atoms with Crippen LogP contribution in [0.4, 0.5) is 0 Å². The van der Waals surface area contributed by atoms with E-state index in [-0.39, 0.29) is 11.2 Å². The van der Waals surface area contributed by atoms with Crippen molar-refractivity contribution in [2.75, 3.05) is 0 Å². The highest BCUT2D eigenvalue weighted by atomic mass is 32.2. The Bertz CT molecular complexity index is 669. The molecule has 0 radical (unpaired) electrons. The van der Waals surface area contributed by atoms with Crippen LogP contribution < -0.4 is 5.14 Å². The van der Waals surface area contributed by atoms with Gasteiger partial charge in [0, 0.05) is 19.3 Å². The van der Waals surface area contributed by atoms with Crippen molar-refractivity contribution in [2.24, 2.45) is 12.2 Å². The van der Waals surface area contributed by atoms with Crippen molar-refractivity contribution in [3.63, 3.8) is 0 Å². The molecule has 0 fully saturated rings. The number of sulfonamides is 1. The second kappa shape index (κ2) is 4.18. The van der Waals surface area contributed by atoms with Gasteiger partial charge in [0.2, 0.25) is 0 Å². The van der Waals surface area contributed by atoms with Gasteiger partial charge in [0.25, 0.3) is 15.2 Å². The lowest BCUT2D eigenvalue weighted by atomic mass is 10.3. The first kappa shape index (κ1) is 12.7. The summed E-state index contributed by atoms with van der Waals surface area (Å²) < 4.78 is 26.1. The third-order valence-corrected chi connectivity index (χ3v) is 3.16. The number of hydrogen-bond donors (Lipinski definition) is 1. The number of nitrogens with zero attached hydrogens (tertiary/aromatic N) is 5. The fourth-order valence-corrected chi connectivity index (χ4v) is 2.37. The Labute approximate surface area is 105 Å². The van der Waals surface area contributed by atoms with Crippen LogP contribution in [-0.2, 0) is 17.1 Å². The minimum atomic E-state index is -3.90. The van der Waals surface area contributed by atoms with Crippen molar-refractivity contribution in [1.82, 2.24) is 24.3 Å². The number of aryl methyl sites for hydroxylation is 1. The van der Waals surface area contributed by atoms with Gasteiger partial charge in [-0.15, -0.1) is 10.2 Å². The van der Waals surface area contributed by atoms with E-state index in [1.165, 1.54) is 4.57 Å². The van der Waals surface area contributed by atoms with Crippen molar-refractivity contribution >= 4 is 10.0 Å². The molecule has 2 N–H and O–H groups in total. The van der Waals surface area contributed by atoms with Gasteiger partial charge in [-0.25, -0.2) is 18.5 Å². The highest BCUT2D eigenvalue weighted by Gasteiger charge is 2.24. The quantitative estimate of drug-likeness (QED) is 0.838. The predicted molar refractivity (Wildman–Crippen MR) is 64.0 cm³/mol. The van der Waals surface area contributed by atoms with E-state index < -0.39 is 10.0 Å². The van der Waals surface area contributed by atoms with Gasteiger partial charge in [0.1, 0.15) is 5.69 Å². The molecule has 2 rings (SSSR count). The van der Waals surface area contributed by atoms with Gasteiger partial charge in [0.05, 0.1) is 6.33 Å². The molecule has 0 saturated carbocycles. The van der Waals surface area contributed by atoms with Gasteiger partial charge < -0.3 is 4.57 Å². The average molecular weight is 270 g/mol. The summed E-state index contributed by atoms with van der Waals surface area (Å²) >= 11 is 0. The maximum absolute atomic E-state index is 11.4. The summed E-state index contributed by atoms with van der Waals surface area (Å²) in [6, 6.07) is -0.148. The summed E-state index contributed by atoms with van der Waals surface area (Å²) in [4.78, 5) is 4.13. The first-order valence-electron chi connectivity index (χ1n) is 5.26. The summed E-state index contributed by atoms with van der Waals surface area (Å²) in [5.74, 6) is 0.384. The molecule has 0 amide bonds. The molecule has 0 atom stereocenters. The zero-order chi connectivity index (χ0) is 13.5. The van der Waals surface area contributed by atoms with E-state index >= 15 is 0 Å². The number of primary sulfonamides is 1. The Morgan fingerprint density at radius 2 is 2.00 bits per heavy atom. The minimum Gasteiger partial charge on any atom is -0.340 e. The SMILES string of the molecule is CC(C)n1c(-c2cn(C)cn2)nnc1S(N)(=O)=O. The fraction of sp³-hybridized carbons (Fsp3) is 0.444. The lowest BCUT2D eigenvalue weighted by Crippen LogP contribution is -2.20. The summed E-state index contributed by atoms with van der Waals surface area (Å²) in [6.45, 7) is 3.65. The Hall–Kier alpha value is -1.74. The first-order valence-corrected chi connectivity index (χ1v) is 6.81. The van der Waals surface area contributed by atoms with Crippen LogP contribution in [0.15, 0.2) is 17.7 Å². The third kappa shape index (κ3) is 2.14. The summed E-state index contributed by atoms with van der Waals surface area (Å²) in [5.41, 5.74) is 0.550. The van der Waals surface area contributed by atoms with Crippen LogP contribution in [0, 0.1) is 0 Å². The monoisotopic (exact) mass is 270 g/mol. The number of hydrogen-bond acceptors (Lipinski definition) is 5. The van der Waals surface area contributed by atoms with Crippen molar-refractivity contribution < 1.29 is 8.42 Å². The lowest BCUT2D eigenvalue weighted by molar-refractivity contribution is 0.524. The minimum absolute atomic E-state index is 0.148. The van der Waals surface area contributed by atoms with Crippen molar-refractivity contribution in [2.45, 2.75) is 25.0 Å². The van der Waals surface area contributed by atoms with E-state index in [9.17, 15) is 8.42 Å². The van der Waals surface area contributed by atoms with Crippen molar-refractivity contribution in [3.05, 3.63) is 12.5 Å². The molecular weight excluding hydrogens is 256 g/mol. The maximum atomic E-state index is 11.4. The molecule has 0 spiro atoms. The van der Waals surface area contributed by atoms with Crippen LogP contribution >= 0.6 is 0 Å². The average Bonchev–Trinajstić information content (AvgIpc) is 2.80. The van der Waals surface area contributed by atoms with E-state index in [2.05, 4.69) is 15.2 Å². The van der Waals surface area contributed by atoms with Crippen LogP contribution in [-0.4, -0.2) is 32.7 Å². The van der Waals surface area contributed by atoms with E-state index in [1.807, 2.05) is 20.9 Å². The molecule has 0 aliphatic heterocycles. The van der Waals surface area contributed by atoms with E-state index in [0.717, 1.165) is 0 Å². The van der Waals surface area contributed by atoms with Crippen molar-refractivity contribution in [3.8, 4) is 11.5 Å². The molecule has 0 aromatic carbocycles. The van der Waals surface area contributed by atoms with Crippen LogP contribution in [0.5, 0.6) is 0 Å². The van der Waals surface area contributed by atoms with E-state index in [1.54, 1.807) is 17.1 Å². The van der Waals surface area contributed by atoms with Gasteiger partial charge in [-0.05, 0) is 13.8 Å². The van der Waals surface area contributed by atoms with Crippen LogP contribution in [0.2, 0.25) is 0 Å². The summed E-state index contributed by atoms with van der Waals surface area (Å²) in [5, 5.41) is 12.4. The first-order chi connectivity index (χ1) is 8.30. The highest BCUT2D eigenvalue weighted by molar-refractivity contribution is 7.89. The van der Waals surface area contributed by atoms with E-state index in [0.29, 0.717) is 11.5 Å². The molecule has 18 heavy (non-hydrogen) atoms. The molecule has 0 saturated heterocycles. The van der Waals surface area contributed by atoms with Gasteiger partial charge in [-0.2, -0.15) is 0 Å². The normalized spacial score (nSPS) is 12.3. The number of imidazole rings is 1. The summed E-state index contributed by atoms with van der Waals surface area (Å²) in [7, 11) is -2.09. The fourth-order valence-electron chi connectivity index (χ4n) is 1.64. The van der Waals surface area contributed by atoms with E-state index in [4.69, 9.17) is 5.14 Å². The second-order valence-electron chi connectivity index (χ2n) is 4.24. The molecule has 2 aromatic heterocycles. The number of rotatable bonds is 3. The maximum Gasteiger partial charge on any atom is 0.273 e. The zero-order valence-electron chi connectivity index (χ0n) is 10.3. The van der Waals surface area contributed by atoms with Crippen LogP contribution in [0.1, 0.15) is 19.9 Å². The standard InChI is InChI=1S/C9H14N6O2S/c1-6(2)15-8(7-4-14(3)5-11-7)12-13-9(15)18(10,16)17/h4-6H,1-3H3,(H2,10,16,17). The van der Waals surface area contributed by atoms with Gasteiger partial charge in [-0.3, -0.25) is 4.57 Å². The Morgan fingerprint density at radius 3 is 2.44 bits per heavy atom. The number of aromatic nitrogens is 5. The number of nitrogens with two attached hydrogens (primary N) is 1. The second-order valence-corrected chi connectivity index (χ2v) is 5.69. The largest absolute Gasteiger partial charge is 0.340 e. The lowest BCUT2D eigenvalue weighted by Gasteiger charge is -2.11. The molecule has 9 heteroatoms. The molecule has 2 heterocycles. The Balaban J connectivity index is 2.67. The molecule has 0 bridgehead atoms. The Kier molecular flexibility index (Phi) is 2.95. The molecule has 2 aromatic rings. The zero-order valence-corrected chi connectivity index (χ0v) is 11.1. The van der Waals surface area contributed by atoms with Crippen LogP contribution in [0.25, 0.3) is 11.5 Å². The molecular formula is C9H14N6O2S. The molecule has 0 aliphatic carbocycles. The van der Waals surface area contributed by atoms with Crippen LogP contribution in [0.3, 0.4) is 0 Å². The smallest absolute Gasteiger partial charge is 0.273 e. The third-order valence-electron chi connectivity index (χ3n) is 2.37. The van der Waals surface area contributed by atoms with Gasteiger partial charge in [-0.1, -0.05) is 0 Å². The van der Waals surface area contributed by atoms with Gasteiger partial charge >= 0.3 is 0 Å².